The van der Waals surface area contributed by atoms with E-state index in [0.29, 0.717) is 0 Å². The molecule has 1 aliphatic carbocycles. The van der Waals surface area contributed by atoms with E-state index in [1.165, 1.54) is 51.7 Å². The first-order valence-electron chi connectivity index (χ1n) is 8.45. The van der Waals surface area contributed by atoms with Crippen molar-refractivity contribution in [3.05, 3.63) is 40.1 Å². The minimum absolute atomic E-state index is 0.742. The van der Waals surface area contributed by atoms with Gasteiger partial charge in [-0.05, 0) is 68.1 Å². The Morgan fingerprint density at radius 3 is 2.77 bits per heavy atom. The zero-order chi connectivity index (χ0) is 15.3. The highest BCUT2D eigenvalue weighted by Gasteiger charge is 2.24. The summed E-state index contributed by atoms with van der Waals surface area (Å²) in [5.74, 6) is 0. The lowest BCUT2D eigenvalue weighted by Gasteiger charge is -2.27. The van der Waals surface area contributed by atoms with E-state index < -0.39 is 0 Å². The first-order valence-corrected chi connectivity index (χ1v) is 8.45. The summed E-state index contributed by atoms with van der Waals surface area (Å²) in [6, 6.07) is 5.35. The van der Waals surface area contributed by atoms with Gasteiger partial charge in [-0.3, -0.25) is 4.98 Å². The summed E-state index contributed by atoms with van der Waals surface area (Å²) in [4.78, 5) is 7.42. The van der Waals surface area contributed by atoms with Crippen molar-refractivity contribution < 1.29 is 0 Å². The maximum atomic E-state index is 5.00. The molecule has 4 rings (SSSR count). The van der Waals surface area contributed by atoms with E-state index in [9.17, 15) is 0 Å². The average Bonchev–Trinajstić information content (AvgIpc) is 3.30. The standard InChI is InChI=1S/C19H25N3/c1-12-8-15-16(10-20-14-4-5-14)17-11-22(3)7-6-18(17)21-19(15)9-13(12)2/h8-9,14,20H,4-7,10-11H2,1-3H3. The molecule has 1 fully saturated rings. The summed E-state index contributed by atoms with van der Waals surface area (Å²) < 4.78 is 0. The van der Waals surface area contributed by atoms with Crippen LogP contribution in [0.2, 0.25) is 0 Å². The predicted molar refractivity (Wildman–Crippen MR) is 91.1 cm³/mol. The van der Waals surface area contributed by atoms with Gasteiger partial charge in [0.15, 0.2) is 0 Å². The molecular weight excluding hydrogens is 270 g/mol. The summed E-state index contributed by atoms with van der Waals surface area (Å²) in [5.41, 5.74) is 8.17. The second-order valence-electron chi connectivity index (χ2n) is 7.11. The highest BCUT2D eigenvalue weighted by atomic mass is 15.1. The second-order valence-corrected chi connectivity index (χ2v) is 7.11. The fourth-order valence-corrected chi connectivity index (χ4v) is 3.46. The highest BCUT2D eigenvalue weighted by Crippen LogP contribution is 2.30. The molecule has 1 aromatic carbocycles. The molecule has 2 aromatic rings. The Balaban J connectivity index is 1.88. The molecule has 1 aliphatic heterocycles. The Hall–Kier alpha value is -1.45. The van der Waals surface area contributed by atoms with Crippen molar-refractivity contribution in [1.82, 2.24) is 15.2 Å². The molecular formula is C19H25N3. The van der Waals surface area contributed by atoms with Crippen LogP contribution in [0.4, 0.5) is 0 Å². The summed E-state index contributed by atoms with van der Waals surface area (Å²) in [6.45, 7) is 7.53. The molecule has 0 spiro atoms. The minimum Gasteiger partial charge on any atom is -0.310 e. The molecule has 1 N–H and O–H groups in total. The van der Waals surface area contributed by atoms with E-state index in [1.807, 2.05) is 0 Å². The van der Waals surface area contributed by atoms with Crippen molar-refractivity contribution in [2.75, 3.05) is 13.6 Å². The maximum absolute atomic E-state index is 5.00. The molecule has 22 heavy (non-hydrogen) atoms. The predicted octanol–water partition coefficient (Wildman–Crippen LogP) is 3.09. The van der Waals surface area contributed by atoms with Gasteiger partial charge in [0.2, 0.25) is 0 Å². The molecule has 0 radical (unpaired) electrons. The van der Waals surface area contributed by atoms with Crippen LogP contribution in [0.3, 0.4) is 0 Å². The van der Waals surface area contributed by atoms with Crippen LogP contribution in [0.5, 0.6) is 0 Å². The summed E-state index contributed by atoms with van der Waals surface area (Å²) >= 11 is 0. The van der Waals surface area contributed by atoms with Gasteiger partial charge in [0.05, 0.1) is 5.52 Å². The minimum atomic E-state index is 0.742. The zero-order valence-electron chi connectivity index (χ0n) is 13.9. The van der Waals surface area contributed by atoms with Crippen molar-refractivity contribution in [1.29, 1.82) is 0 Å². The molecule has 1 saturated carbocycles. The molecule has 116 valence electrons. The van der Waals surface area contributed by atoms with Gasteiger partial charge in [0, 0.05) is 43.2 Å². The van der Waals surface area contributed by atoms with Gasteiger partial charge in [0.1, 0.15) is 0 Å². The highest BCUT2D eigenvalue weighted by molar-refractivity contribution is 5.85. The molecule has 1 aromatic heterocycles. The van der Waals surface area contributed by atoms with Crippen LogP contribution < -0.4 is 5.32 Å². The fourth-order valence-electron chi connectivity index (χ4n) is 3.46. The van der Waals surface area contributed by atoms with Gasteiger partial charge in [-0.1, -0.05) is 0 Å². The van der Waals surface area contributed by atoms with E-state index >= 15 is 0 Å². The summed E-state index contributed by atoms with van der Waals surface area (Å²) in [6.07, 6.45) is 3.75. The lowest BCUT2D eigenvalue weighted by molar-refractivity contribution is 0.308. The normalized spacial score (nSPS) is 18.7. The van der Waals surface area contributed by atoms with E-state index in [4.69, 9.17) is 4.98 Å². The van der Waals surface area contributed by atoms with Crippen molar-refractivity contribution in [3.63, 3.8) is 0 Å². The third-order valence-electron chi connectivity index (χ3n) is 5.21. The van der Waals surface area contributed by atoms with Crippen LogP contribution in [0, 0.1) is 13.8 Å². The molecule has 0 atom stereocenters. The largest absolute Gasteiger partial charge is 0.310 e. The Labute approximate surface area is 132 Å². The van der Waals surface area contributed by atoms with Gasteiger partial charge >= 0.3 is 0 Å². The molecule has 0 amide bonds. The van der Waals surface area contributed by atoms with Crippen LogP contribution in [0.25, 0.3) is 10.9 Å². The SMILES string of the molecule is Cc1cc2nc3c(c(CNC4CC4)c2cc1C)CN(C)CC3. The van der Waals surface area contributed by atoms with E-state index in [0.717, 1.165) is 32.1 Å². The maximum Gasteiger partial charge on any atom is 0.0711 e. The topological polar surface area (TPSA) is 28.2 Å². The monoisotopic (exact) mass is 295 g/mol. The Morgan fingerprint density at radius 2 is 2.00 bits per heavy atom. The number of pyridine rings is 1. The molecule has 0 unspecified atom stereocenters. The van der Waals surface area contributed by atoms with Crippen LogP contribution in [-0.4, -0.2) is 29.5 Å². The van der Waals surface area contributed by atoms with Gasteiger partial charge in [-0.2, -0.15) is 0 Å². The number of nitrogens with one attached hydrogen (secondary N) is 1. The lowest BCUT2D eigenvalue weighted by Crippen LogP contribution is -2.29. The lowest BCUT2D eigenvalue weighted by atomic mass is 9.94. The number of aromatic nitrogens is 1. The molecule has 3 heteroatoms. The van der Waals surface area contributed by atoms with Gasteiger partial charge < -0.3 is 10.2 Å². The number of hydrogen-bond donors (Lipinski definition) is 1. The van der Waals surface area contributed by atoms with Crippen molar-refractivity contribution in [2.45, 2.75) is 52.2 Å². The van der Waals surface area contributed by atoms with E-state index in [2.05, 4.69) is 43.2 Å². The fraction of sp³-hybridized carbons (Fsp3) is 0.526. The number of benzene rings is 1. The summed E-state index contributed by atoms with van der Waals surface area (Å²) in [5, 5.41) is 5.07. The molecule has 0 bridgehead atoms. The summed E-state index contributed by atoms with van der Waals surface area (Å²) in [7, 11) is 2.21. The Kier molecular flexibility index (Phi) is 3.43. The van der Waals surface area contributed by atoms with Crippen molar-refractivity contribution in [3.8, 4) is 0 Å². The smallest absolute Gasteiger partial charge is 0.0711 e. The first-order chi connectivity index (χ1) is 10.6. The van der Waals surface area contributed by atoms with Gasteiger partial charge in [-0.15, -0.1) is 0 Å². The van der Waals surface area contributed by atoms with Crippen LogP contribution in [0.15, 0.2) is 12.1 Å². The molecule has 3 nitrogen and oxygen atoms in total. The molecule has 2 aliphatic rings. The van der Waals surface area contributed by atoms with Crippen molar-refractivity contribution >= 4 is 10.9 Å². The number of fused-ring (bicyclic) bond motifs is 2. The van der Waals surface area contributed by atoms with Crippen LogP contribution in [0.1, 0.15) is 40.8 Å². The van der Waals surface area contributed by atoms with Crippen LogP contribution in [-0.2, 0) is 19.5 Å². The first kappa shape index (κ1) is 14.2. The van der Waals surface area contributed by atoms with Crippen molar-refractivity contribution in [2.24, 2.45) is 0 Å². The third kappa shape index (κ3) is 2.53. The van der Waals surface area contributed by atoms with Gasteiger partial charge in [0.25, 0.3) is 0 Å². The Morgan fingerprint density at radius 1 is 1.23 bits per heavy atom. The number of aryl methyl sites for hydroxylation is 2. The second kappa shape index (κ2) is 5.32. The number of hydrogen-bond acceptors (Lipinski definition) is 3. The van der Waals surface area contributed by atoms with Gasteiger partial charge in [-0.25, -0.2) is 0 Å². The molecule has 0 saturated heterocycles. The molecule has 2 heterocycles. The van der Waals surface area contributed by atoms with E-state index in [1.54, 1.807) is 0 Å². The van der Waals surface area contributed by atoms with E-state index in [-0.39, 0.29) is 0 Å². The average molecular weight is 295 g/mol. The third-order valence-corrected chi connectivity index (χ3v) is 5.21. The Bertz CT molecular complexity index is 731. The zero-order valence-corrected chi connectivity index (χ0v) is 13.9. The number of likely N-dealkylation sites (N-methyl/N-ethyl adjacent to an activating group) is 1. The number of nitrogens with zero attached hydrogens (tertiary/aromatic N) is 2. The quantitative estimate of drug-likeness (QED) is 0.943. The van der Waals surface area contributed by atoms with Crippen LogP contribution >= 0.6 is 0 Å². The number of rotatable bonds is 3.